The van der Waals surface area contributed by atoms with Crippen molar-refractivity contribution >= 4 is 68.7 Å². The number of thioether (sulfide) groups is 1. The molecule has 1 heterocycles. The smallest absolute Gasteiger partial charge is 0.272 e. The van der Waals surface area contributed by atoms with Gasteiger partial charge in [-0.1, -0.05) is 109 Å². The van der Waals surface area contributed by atoms with Crippen LogP contribution in [0, 0.1) is 0 Å². The quantitative estimate of drug-likeness (QED) is 0.0750. The predicted octanol–water partition coefficient (Wildman–Crippen LogP) is 11.3. The third-order valence-corrected chi connectivity index (χ3v) is 11.3. The molecule has 8 rings (SSSR count). The first-order valence-corrected chi connectivity index (χ1v) is 20.6. The highest BCUT2D eigenvalue weighted by atomic mass is 32.2. The van der Waals surface area contributed by atoms with Crippen LogP contribution in [0.2, 0.25) is 0 Å². The van der Waals surface area contributed by atoms with Crippen LogP contribution in [-0.2, 0) is 22.7 Å². The number of ether oxygens (including phenoxy) is 1. The Balaban J connectivity index is 0.982. The van der Waals surface area contributed by atoms with E-state index in [1.165, 1.54) is 11.8 Å². The fourth-order valence-corrected chi connectivity index (χ4v) is 8.07. The molecule has 0 radical (unpaired) electrons. The number of nitrogens with one attached hydrogen (secondary N) is 3. The van der Waals surface area contributed by atoms with Crippen molar-refractivity contribution in [1.82, 2.24) is 9.88 Å². The maximum atomic E-state index is 14.1. The highest BCUT2D eigenvalue weighted by molar-refractivity contribution is 8.00. The van der Waals surface area contributed by atoms with Crippen LogP contribution >= 0.6 is 11.8 Å². The van der Waals surface area contributed by atoms with E-state index in [4.69, 9.17) is 4.74 Å². The van der Waals surface area contributed by atoms with Crippen molar-refractivity contribution < 1.29 is 19.1 Å². The Hall–Kier alpha value is -7.36. The fourth-order valence-electron chi connectivity index (χ4n) is 7.04. The van der Waals surface area contributed by atoms with Gasteiger partial charge in [-0.3, -0.25) is 14.4 Å². The molecule has 0 aliphatic carbocycles. The molecule has 0 saturated heterocycles. The molecule has 1 unspecified atom stereocenters. The molecular formula is C51H42N4O4S. The number of carbonyl (C=O) groups excluding carboxylic acids is 3. The number of benzene rings is 7. The lowest BCUT2D eigenvalue weighted by molar-refractivity contribution is -0.116. The van der Waals surface area contributed by atoms with E-state index in [2.05, 4.69) is 45.6 Å². The van der Waals surface area contributed by atoms with Crippen LogP contribution in [0.4, 0.5) is 11.4 Å². The first kappa shape index (κ1) is 39.5. The number of anilines is 2. The number of nitrogens with zero attached hydrogens (tertiary/aromatic N) is 1. The number of fused-ring (bicyclic) bond motifs is 3. The molecule has 1 atom stereocenters. The van der Waals surface area contributed by atoms with Gasteiger partial charge in [-0.25, -0.2) is 0 Å². The number of carbonyl (C=O) groups is 3. The molecule has 0 fully saturated rings. The summed E-state index contributed by atoms with van der Waals surface area (Å²) in [7, 11) is 0. The lowest BCUT2D eigenvalue weighted by Gasteiger charge is -2.18. The van der Waals surface area contributed by atoms with Crippen LogP contribution in [0.5, 0.6) is 5.75 Å². The highest BCUT2D eigenvalue weighted by Gasteiger charge is 2.23. The molecule has 296 valence electrons. The molecular weight excluding hydrogens is 765 g/mol. The van der Waals surface area contributed by atoms with Crippen LogP contribution < -0.4 is 20.7 Å². The molecule has 0 saturated carbocycles. The molecule has 3 amide bonds. The summed E-state index contributed by atoms with van der Waals surface area (Å²) in [6.45, 7) is 3.40. The topological polar surface area (TPSA) is 101 Å². The first-order chi connectivity index (χ1) is 29.4. The second kappa shape index (κ2) is 18.5. The van der Waals surface area contributed by atoms with Crippen LogP contribution in [0.25, 0.3) is 27.9 Å². The van der Waals surface area contributed by atoms with Crippen LogP contribution in [-0.4, -0.2) is 22.3 Å². The van der Waals surface area contributed by atoms with Crippen molar-refractivity contribution in [2.24, 2.45) is 0 Å². The number of hydrogen-bond acceptors (Lipinski definition) is 5. The standard InChI is InChI=1S/C51H42N4O4S/c1-2-55-46-21-13-12-20-43(46)44-33-40(26-31-47(44)55)53-51(58)48(37-16-8-4-9-17-37)60-42-29-24-39(25-30-42)52-50(57)45(54-49(56)38-18-10-5-11-19-38)32-35-22-27-41(28-23-35)59-34-36-14-6-3-7-15-36/h3-33,48H,2,34H2,1H3,(H,52,57)(H,53,58)(H,54,56)/b45-32-. The Labute approximate surface area is 352 Å². The van der Waals surface area contributed by atoms with E-state index >= 15 is 0 Å². The number of aryl methyl sites for hydroxylation is 1. The lowest BCUT2D eigenvalue weighted by Crippen LogP contribution is -2.30. The maximum Gasteiger partial charge on any atom is 0.272 e. The van der Waals surface area contributed by atoms with Gasteiger partial charge < -0.3 is 25.3 Å². The van der Waals surface area contributed by atoms with Crippen LogP contribution in [0.15, 0.2) is 193 Å². The average Bonchev–Trinajstić information content (AvgIpc) is 3.62. The van der Waals surface area contributed by atoms with Gasteiger partial charge >= 0.3 is 0 Å². The van der Waals surface area contributed by atoms with Gasteiger partial charge in [0.05, 0.1) is 0 Å². The largest absolute Gasteiger partial charge is 0.489 e. The molecule has 1 aromatic heterocycles. The number of para-hydroxylation sites is 1. The van der Waals surface area contributed by atoms with E-state index < -0.39 is 17.1 Å². The van der Waals surface area contributed by atoms with E-state index in [0.717, 1.165) is 50.1 Å². The number of amides is 3. The predicted molar refractivity (Wildman–Crippen MR) is 243 cm³/mol. The number of rotatable bonds is 14. The van der Waals surface area contributed by atoms with Crippen molar-refractivity contribution in [3.63, 3.8) is 0 Å². The molecule has 60 heavy (non-hydrogen) atoms. The first-order valence-electron chi connectivity index (χ1n) is 19.7. The van der Waals surface area contributed by atoms with Crippen molar-refractivity contribution in [3.05, 3.63) is 210 Å². The van der Waals surface area contributed by atoms with E-state index in [9.17, 15) is 14.4 Å². The normalized spacial score (nSPS) is 11.8. The second-order valence-electron chi connectivity index (χ2n) is 14.1. The van der Waals surface area contributed by atoms with Gasteiger partial charge in [0, 0.05) is 50.2 Å². The second-order valence-corrected chi connectivity index (χ2v) is 15.3. The lowest BCUT2D eigenvalue weighted by atomic mass is 10.1. The highest BCUT2D eigenvalue weighted by Crippen LogP contribution is 2.38. The minimum Gasteiger partial charge on any atom is -0.489 e. The van der Waals surface area contributed by atoms with Gasteiger partial charge in [-0.15, -0.1) is 11.8 Å². The Morgan fingerprint density at radius 1 is 0.650 bits per heavy atom. The fraction of sp³-hybridized carbons (Fsp3) is 0.0784. The number of aromatic nitrogens is 1. The summed E-state index contributed by atoms with van der Waals surface area (Å²) >= 11 is 1.42. The third kappa shape index (κ3) is 9.33. The molecule has 8 aromatic rings. The summed E-state index contributed by atoms with van der Waals surface area (Å²) in [6, 6.07) is 57.3. The number of hydrogen-bond donors (Lipinski definition) is 3. The van der Waals surface area contributed by atoms with Gasteiger partial charge in [-0.2, -0.15) is 0 Å². The molecule has 9 heteroatoms. The molecule has 7 aromatic carbocycles. The van der Waals surface area contributed by atoms with Gasteiger partial charge in [0.15, 0.2) is 0 Å². The van der Waals surface area contributed by atoms with Gasteiger partial charge in [-0.05, 0) is 102 Å². The zero-order chi connectivity index (χ0) is 41.3. The molecule has 0 aliphatic rings. The third-order valence-electron chi connectivity index (χ3n) is 10.0. The van der Waals surface area contributed by atoms with E-state index in [0.29, 0.717) is 29.2 Å². The SMILES string of the molecule is CCn1c2ccccc2c2cc(NC(=O)C(Sc3ccc(NC(=O)/C(=C/c4ccc(OCc5ccccc5)cc4)NC(=O)c4ccccc4)cc3)c3ccccc3)ccc21. The average molecular weight is 807 g/mol. The van der Waals surface area contributed by atoms with Crippen molar-refractivity contribution in [3.8, 4) is 5.75 Å². The Morgan fingerprint density at radius 2 is 1.28 bits per heavy atom. The Bertz CT molecular complexity index is 2790. The molecule has 0 spiro atoms. The minimum atomic E-state index is -0.558. The van der Waals surface area contributed by atoms with E-state index in [1.807, 2.05) is 127 Å². The Morgan fingerprint density at radius 3 is 2.00 bits per heavy atom. The van der Waals surface area contributed by atoms with Gasteiger partial charge in [0.1, 0.15) is 23.3 Å². The zero-order valence-corrected chi connectivity index (χ0v) is 33.7. The van der Waals surface area contributed by atoms with Crippen LogP contribution in [0.1, 0.15) is 39.2 Å². The van der Waals surface area contributed by atoms with Crippen molar-refractivity contribution in [2.45, 2.75) is 30.2 Å². The van der Waals surface area contributed by atoms with Crippen molar-refractivity contribution in [1.29, 1.82) is 0 Å². The molecule has 0 bridgehead atoms. The molecule has 3 N–H and O–H groups in total. The van der Waals surface area contributed by atoms with Gasteiger partial charge in [0.25, 0.3) is 11.8 Å². The molecule has 8 nitrogen and oxygen atoms in total. The summed E-state index contributed by atoms with van der Waals surface area (Å²) < 4.78 is 8.22. The Kier molecular flexibility index (Phi) is 12.2. The van der Waals surface area contributed by atoms with Crippen LogP contribution in [0.3, 0.4) is 0 Å². The summed E-state index contributed by atoms with van der Waals surface area (Å²) in [4.78, 5) is 42.0. The van der Waals surface area contributed by atoms with Gasteiger partial charge in [0.2, 0.25) is 5.91 Å². The summed E-state index contributed by atoms with van der Waals surface area (Å²) in [5, 5.41) is 10.6. The molecule has 0 aliphatic heterocycles. The maximum absolute atomic E-state index is 14.1. The van der Waals surface area contributed by atoms with E-state index in [1.54, 1.807) is 42.5 Å². The van der Waals surface area contributed by atoms with E-state index in [-0.39, 0.29) is 11.6 Å². The van der Waals surface area contributed by atoms with Crippen molar-refractivity contribution in [2.75, 3.05) is 10.6 Å². The monoisotopic (exact) mass is 806 g/mol. The minimum absolute atomic E-state index is 0.0681. The summed E-state index contributed by atoms with van der Waals surface area (Å²) in [5.74, 6) is -0.380. The zero-order valence-electron chi connectivity index (χ0n) is 32.9. The summed E-state index contributed by atoms with van der Waals surface area (Å²) in [6.07, 6.45) is 1.63. The summed E-state index contributed by atoms with van der Waals surface area (Å²) in [5.41, 5.74) is 6.64.